The van der Waals surface area contributed by atoms with Gasteiger partial charge >= 0.3 is 0 Å². The fourth-order valence-corrected chi connectivity index (χ4v) is 3.96. The summed E-state index contributed by atoms with van der Waals surface area (Å²) in [4.78, 5) is 6.62. The third kappa shape index (κ3) is 9.24. The minimum atomic E-state index is 0. The van der Waals surface area contributed by atoms with E-state index in [1.807, 2.05) is 18.8 Å². The third-order valence-corrected chi connectivity index (χ3v) is 5.47. The van der Waals surface area contributed by atoms with Crippen LogP contribution in [0.5, 0.6) is 0 Å². The number of hydrogen-bond donors (Lipinski definition) is 1. The van der Waals surface area contributed by atoms with Crippen LogP contribution in [0.1, 0.15) is 82.4 Å². The summed E-state index contributed by atoms with van der Waals surface area (Å²) >= 11 is 0. The van der Waals surface area contributed by atoms with Gasteiger partial charge in [0.05, 0.1) is 11.8 Å². The van der Waals surface area contributed by atoms with Crippen LogP contribution in [0, 0.1) is 0 Å². The average Bonchev–Trinajstić information content (AvgIpc) is 3.05. The molecule has 0 radical (unpaired) electrons. The fraction of sp³-hybridized carbons (Fsp3) is 0.818. The van der Waals surface area contributed by atoms with E-state index in [9.17, 15) is 0 Å². The number of nitrogens with one attached hydrogen (secondary N) is 1. The van der Waals surface area contributed by atoms with Gasteiger partial charge in [-0.15, -0.1) is 24.0 Å². The van der Waals surface area contributed by atoms with Crippen molar-refractivity contribution < 1.29 is 4.74 Å². The van der Waals surface area contributed by atoms with Crippen LogP contribution in [0.15, 0.2) is 11.2 Å². The molecule has 0 atom stereocenters. The van der Waals surface area contributed by atoms with Crippen LogP contribution in [-0.2, 0) is 18.3 Å². The van der Waals surface area contributed by atoms with Gasteiger partial charge in [-0.25, -0.2) is 0 Å². The minimum absolute atomic E-state index is 0. The number of hydrogen-bond acceptors (Lipinski definition) is 3. The van der Waals surface area contributed by atoms with E-state index >= 15 is 0 Å². The van der Waals surface area contributed by atoms with E-state index < -0.39 is 0 Å². The molecular weight excluding hydrogens is 477 g/mol. The van der Waals surface area contributed by atoms with Crippen LogP contribution in [0.3, 0.4) is 0 Å². The van der Waals surface area contributed by atoms with E-state index in [0.717, 1.165) is 38.5 Å². The Labute approximate surface area is 194 Å². The number of ether oxygens (including phenoxy) is 1. The fourth-order valence-electron chi connectivity index (χ4n) is 3.96. The zero-order valence-electron chi connectivity index (χ0n) is 19.1. The lowest BCUT2D eigenvalue weighted by atomic mass is 9.98. The van der Waals surface area contributed by atoms with Crippen molar-refractivity contribution in [1.29, 1.82) is 0 Å². The van der Waals surface area contributed by atoms with Gasteiger partial charge in [-0.1, -0.05) is 33.1 Å². The van der Waals surface area contributed by atoms with Crippen molar-refractivity contribution in [2.24, 2.45) is 12.0 Å². The highest BCUT2D eigenvalue weighted by Crippen LogP contribution is 2.20. The zero-order valence-corrected chi connectivity index (χ0v) is 21.4. The molecule has 0 spiro atoms. The molecule has 0 aliphatic heterocycles. The van der Waals surface area contributed by atoms with Gasteiger partial charge in [0, 0.05) is 52.6 Å². The molecule has 2 rings (SSSR count). The maximum absolute atomic E-state index is 6.01. The smallest absolute Gasteiger partial charge is 0.193 e. The Kier molecular flexibility index (Phi) is 12.9. The number of aliphatic imine (C=N–C) groups is 1. The molecule has 168 valence electrons. The molecule has 1 fully saturated rings. The van der Waals surface area contributed by atoms with Crippen LogP contribution >= 0.6 is 24.0 Å². The summed E-state index contributed by atoms with van der Waals surface area (Å²) in [7, 11) is 5.92. The molecule has 0 aromatic carbocycles. The number of unbranched alkanes of at least 4 members (excludes halogenated alkanes) is 2. The van der Waals surface area contributed by atoms with Gasteiger partial charge < -0.3 is 15.0 Å². The van der Waals surface area contributed by atoms with Crippen molar-refractivity contribution in [2.75, 3.05) is 27.2 Å². The van der Waals surface area contributed by atoms with Crippen molar-refractivity contribution in [1.82, 2.24) is 20.0 Å². The van der Waals surface area contributed by atoms with Gasteiger partial charge in [0.15, 0.2) is 5.96 Å². The molecule has 0 bridgehead atoms. The Hall–Kier alpha value is -0.830. The summed E-state index contributed by atoms with van der Waals surface area (Å²) in [5.41, 5.74) is 2.44. The summed E-state index contributed by atoms with van der Waals surface area (Å²) < 4.78 is 7.92. The second-order valence-corrected chi connectivity index (χ2v) is 8.39. The molecule has 1 aliphatic rings. The molecule has 6 nitrogen and oxygen atoms in total. The highest BCUT2D eigenvalue weighted by molar-refractivity contribution is 14.0. The SMILES string of the molecule is CN=C(NCCCCCOC1CCCCC1)N(C)Cc1cn(C)nc1C(C)C.I. The normalized spacial score (nSPS) is 15.4. The number of aromatic nitrogens is 2. The summed E-state index contributed by atoms with van der Waals surface area (Å²) in [6.45, 7) is 7.06. The van der Waals surface area contributed by atoms with E-state index in [1.54, 1.807) is 0 Å². The molecule has 29 heavy (non-hydrogen) atoms. The van der Waals surface area contributed by atoms with E-state index in [1.165, 1.54) is 49.8 Å². The van der Waals surface area contributed by atoms with Crippen molar-refractivity contribution in [3.63, 3.8) is 0 Å². The highest BCUT2D eigenvalue weighted by atomic mass is 127. The molecule has 0 unspecified atom stereocenters. The van der Waals surface area contributed by atoms with Crippen LogP contribution in [0.2, 0.25) is 0 Å². The number of nitrogens with zero attached hydrogens (tertiary/aromatic N) is 4. The maximum atomic E-state index is 6.01. The molecule has 1 heterocycles. The Morgan fingerprint density at radius 3 is 2.66 bits per heavy atom. The van der Waals surface area contributed by atoms with Crippen molar-refractivity contribution in [3.8, 4) is 0 Å². The van der Waals surface area contributed by atoms with Crippen LogP contribution in [-0.4, -0.2) is 54.0 Å². The van der Waals surface area contributed by atoms with Gasteiger partial charge in [-0.2, -0.15) is 5.10 Å². The molecule has 7 heteroatoms. The lowest BCUT2D eigenvalue weighted by Gasteiger charge is -2.23. The van der Waals surface area contributed by atoms with E-state index in [0.29, 0.717) is 12.0 Å². The second kappa shape index (κ2) is 14.2. The topological polar surface area (TPSA) is 54.7 Å². The quantitative estimate of drug-likeness (QED) is 0.211. The number of halogens is 1. The molecule has 1 aliphatic carbocycles. The van der Waals surface area contributed by atoms with E-state index in [2.05, 4.69) is 47.4 Å². The van der Waals surface area contributed by atoms with Gasteiger partial charge in [-0.05, 0) is 38.0 Å². The summed E-state index contributed by atoms with van der Waals surface area (Å²) in [5, 5.41) is 8.10. The predicted molar refractivity (Wildman–Crippen MR) is 132 cm³/mol. The van der Waals surface area contributed by atoms with Gasteiger partial charge in [0.2, 0.25) is 0 Å². The van der Waals surface area contributed by atoms with Crippen molar-refractivity contribution in [3.05, 3.63) is 17.5 Å². The van der Waals surface area contributed by atoms with E-state index in [-0.39, 0.29) is 24.0 Å². The second-order valence-electron chi connectivity index (χ2n) is 8.39. The lowest BCUT2D eigenvalue weighted by molar-refractivity contribution is 0.0264. The average molecular weight is 520 g/mol. The first kappa shape index (κ1) is 26.2. The largest absolute Gasteiger partial charge is 0.378 e. The number of rotatable bonds is 10. The molecule has 1 aromatic rings. The third-order valence-electron chi connectivity index (χ3n) is 5.47. The molecule has 0 amide bonds. The molecule has 1 saturated carbocycles. The lowest BCUT2D eigenvalue weighted by Crippen LogP contribution is -2.39. The van der Waals surface area contributed by atoms with E-state index in [4.69, 9.17) is 4.74 Å². The summed E-state index contributed by atoms with van der Waals surface area (Å²) in [6.07, 6.45) is 12.7. The molecular formula is C22H42IN5O. The van der Waals surface area contributed by atoms with Crippen LogP contribution in [0.4, 0.5) is 0 Å². The number of aryl methyl sites for hydroxylation is 1. The van der Waals surface area contributed by atoms with Crippen molar-refractivity contribution >= 4 is 29.9 Å². The Bertz CT molecular complexity index is 596. The molecule has 1 N–H and O–H groups in total. The molecule has 1 aromatic heterocycles. The standard InChI is InChI=1S/C22H41N5O.HI/c1-18(2)21-19(17-27(5)25-21)16-26(4)22(23-3)24-14-10-7-11-15-28-20-12-8-6-9-13-20;/h17-18,20H,6-16H2,1-5H3,(H,23,24);1H. The summed E-state index contributed by atoms with van der Waals surface area (Å²) in [5.74, 6) is 1.37. The first-order chi connectivity index (χ1) is 13.5. The Balaban J connectivity index is 0.00000420. The van der Waals surface area contributed by atoms with Gasteiger partial charge in [0.1, 0.15) is 0 Å². The van der Waals surface area contributed by atoms with Crippen LogP contribution < -0.4 is 5.32 Å². The van der Waals surface area contributed by atoms with Gasteiger partial charge in [0.25, 0.3) is 0 Å². The predicted octanol–water partition coefficient (Wildman–Crippen LogP) is 4.69. The number of guanidine groups is 1. The first-order valence-electron chi connectivity index (χ1n) is 11.1. The minimum Gasteiger partial charge on any atom is -0.378 e. The zero-order chi connectivity index (χ0) is 20.4. The van der Waals surface area contributed by atoms with Crippen molar-refractivity contribution in [2.45, 2.75) is 83.8 Å². The first-order valence-corrected chi connectivity index (χ1v) is 11.1. The van der Waals surface area contributed by atoms with Crippen LogP contribution in [0.25, 0.3) is 0 Å². The highest BCUT2D eigenvalue weighted by Gasteiger charge is 2.15. The molecule has 0 saturated heterocycles. The Morgan fingerprint density at radius 1 is 1.28 bits per heavy atom. The monoisotopic (exact) mass is 519 g/mol. The van der Waals surface area contributed by atoms with Gasteiger partial charge in [-0.3, -0.25) is 9.67 Å². The Morgan fingerprint density at radius 2 is 2.00 bits per heavy atom. The maximum Gasteiger partial charge on any atom is 0.193 e. The summed E-state index contributed by atoms with van der Waals surface area (Å²) in [6, 6.07) is 0.